The van der Waals surface area contributed by atoms with Crippen molar-refractivity contribution in [3.63, 3.8) is 0 Å². The summed E-state index contributed by atoms with van der Waals surface area (Å²) in [5.41, 5.74) is 0.346. The first kappa shape index (κ1) is 15.8. The van der Waals surface area contributed by atoms with Crippen LogP contribution in [0.3, 0.4) is 0 Å². The van der Waals surface area contributed by atoms with E-state index in [0.29, 0.717) is 16.6 Å². The molecule has 0 spiro atoms. The van der Waals surface area contributed by atoms with Gasteiger partial charge >= 0.3 is 0 Å². The Morgan fingerprint density at radius 3 is 2.75 bits per heavy atom. The monoisotopic (exact) mass is 379 g/mol. The number of likely N-dealkylation sites (tertiary alicyclic amines) is 1. The molecule has 1 aromatic carbocycles. The predicted molar refractivity (Wildman–Crippen MR) is 81.5 cm³/mol. The van der Waals surface area contributed by atoms with E-state index in [1.807, 2.05) is 11.8 Å². The summed E-state index contributed by atoms with van der Waals surface area (Å²) < 4.78 is 23.4. The Hall–Kier alpha value is -0.590. The summed E-state index contributed by atoms with van der Waals surface area (Å²) in [5, 5.41) is 0. The van der Waals surface area contributed by atoms with Gasteiger partial charge in [0.25, 0.3) is 15.0 Å². The third-order valence-corrected chi connectivity index (χ3v) is 5.30. The summed E-state index contributed by atoms with van der Waals surface area (Å²) in [6, 6.07) is 4.58. The van der Waals surface area contributed by atoms with Gasteiger partial charge in [-0.1, -0.05) is 22.9 Å². The normalized spacial score (nSPS) is 19.4. The van der Waals surface area contributed by atoms with E-state index in [2.05, 4.69) is 15.9 Å². The maximum Gasteiger partial charge on any atom is 0.261 e. The molecule has 0 bridgehead atoms. The Balaban J connectivity index is 2.38. The molecule has 0 radical (unpaired) electrons. The minimum atomic E-state index is -3.85. The number of nitrogens with zero attached hydrogens (tertiary/aromatic N) is 1. The molecule has 0 aliphatic carbocycles. The number of benzene rings is 1. The van der Waals surface area contributed by atoms with Gasteiger partial charge in [-0.15, -0.1) is 0 Å². The lowest BCUT2D eigenvalue weighted by Gasteiger charge is -2.24. The van der Waals surface area contributed by atoms with E-state index in [1.54, 1.807) is 6.07 Å². The van der Waals surface area contributed by atoms with Crippen LogP contribution >= 0.6 is 26.6 Å². The second kappa shape index (κ2) is 6.03. The lowest BCUT2D eigenvalue weighted by atomic mass is 10.1. The average Bonchev–Trinajstić information content (AvgIpc) is 2.84. The molecule has 1 fully saturated rings. The topological polar surface area (TPSA) is 54.5 Å². The molecule has 1 aromatic rings. The van der Waals surface area contributed by atoms with Gasteiger partial charge in [0.2, 0.25) is 0 Å². The van der Waals surface area contributed by atoms with Crippen molar-refractivity contribution in [3.8, 4) is 0 Å². The molecule has 2 rings (SSSR count). The number of hydrogen-bond donors (Lipinski definition) is 0. The van der Waals surface area contributed by atoms with E-state index in [0.717, 1.165) is 19.3 Å². The Morgan fingerprint density at radius 2 is 2.15 bits per heavy atom. The first-order chi connectivity index (χ1) is 9.32. The van der Waals surface area contributed by atoms with Crippen LogP contribution in [0.4, 0.5) is 0 Å². The van der Waals surface area contributed by atoms with Crippen molar-refractivity contribution >= 4 is 41.6 Å². The van der Waals surface area contributed by atoms with Crippen LogP contribution in [0, 0.1) is 0 Å². The SMILES string of the molecule is CCC1CCCN1C(=O)c1cc(Br)cc(S(=O)(=O)Cl)c1. The number of amides is 1. The molecular weight excluding hydrogens is 366 g/mol. The molecule has 1 atom stereocenters. The molecule has 1 saturated heterocycles. The number of halogens is 2. The molecule has 110 valence electrons. The van der Waals surface area contributed by atoms with Crippen LogP contribution in [0.1, 0.15) is 36.5 Å². The van der Waals surface area contributed by atoms with Gasteiger partial charge in [0, 0.05) is 33.3 Å². The predicted octanol–water partition coefficient (Wildman–Crippen LogP) is 3.39. The molecular formula is C13H15BrClNO3S. The lowest BCUT2D eigenvalue weighted by Crippen LogP contribution is -2.35. The quantitative estimate of drug-likeness (QED) is 0.755. The number of hydrogen-bond acceptors (Lipinski definition) is 3. The summed E-state index contributed by atoms with van der Waals surface area (Å²) in [7, 11) is 1.50. The highest BCUT2D eigenvalue weighted by molar-refractivity contribution is 9.10. The van der Waals surface area contributed by atoms with Crippen molar-refractivity contribution in [3.05, 3.63) is 28.2 Å². The molecule has 1 aliphatic rings. The van der Waals surface area contributed by atoms with Crippen LogP contribution in [0.25, 0.3) is 0 Å². The molecule has 0 aromatic heterocycles. The van der Waals surface area contributed by atoms with E-state index >= 15 is 0 Å². The van der Waals surface area contributed by atoms with E-state index in [4.69, 9.17) is 10.7 Å². The van der Waals surface area contributed by atoms with Gasteiger partial charge in [-0.05, 0) is 37.5 Å². The van der Waals surface area contributed by atoms with Crippen LogP contribution in [-0.4, -0.2) is 31.8 Å². The van der Waals surface area contributed by atoms with Gasteiger partial charge in [-0.25, -0.2) is 8.42 Å². The van der Waals surface area contributed by atoms with Crippen LogP contribution < -0.4 is 0 Å². The minimum Gasteiger partial charge on any atom is -0.336 e. The van der Waals surface area contributed by atoms with Crippen molar-refractivity contribution in [2.45, 2.75) is 37.1 Å². The van der Waals surface area contributed by atoms with Crippen LogP contribution in [-0.2, 0) is 9.05 Å². The average molecular weight is 381 g/mol. The van der Waals surface area contributed by atoms with Gasteiger partial charge in [-0.2, -0.15) is 0 Å². The fourth-order valence-electron chi connectivity index (χ4n) is 2.52. The van der Waals surface area contributed by atoms with Gasteiger partial charge < -0.3 is 4.90 Å². The molecule has 7 heteroatoms. The van der Waals surface area contributed by atoms with Gasteiger partial charge in [-0.3, -0.25) is 4.79 Å². The first-order valence-electron chi connectivity index (χ1n) is 6.39. The molecule has 1 unspecified atom stereocenters. The second-order valence-corrected chi connectivity index (χ2v) is 8.30. The van der Waals surface area contributed by atoms with Crippen molar-refractivity contribution in [2.24, 2.45) is 0 Å². The minimum absolute atomic E-state index is 0.0656. The molecule has 4 nitrogen and oxygen atoms in total. The maximum atomic E-state index is 12.5. The molecule has 1 amide bonds. The van der Waals surface area contributed by atoms with Gasteiger partial charge in [0.15, 0.2) is 0 Å². The van der Waals surface area contributed by atoms with Crippen molar-refractivity contribution < 1.29 is 13.2 Å². The van der Waals surface area contributed by atoms with Crippen LogP contribution in [0.5, 0.6) is 0 Å². The van der Waals surface area contributed by atoms with Crippen LogP contribution in [0.2, 0.25) is 0 Å². The van der Waals surface area contributed by atoms with Crippen molar-refractivity contribution in [1.29, 1.82) is 0 Å². The van der Waals surface area contributed by atoms with Crippen LogP contribution in [0.15, 0.2) is 27.6 Å². The van der Waals surface area contributed by atoms with Gasteiger partial charge in [0.05, 0.1) is 4.90 Å². The molecule has 0 saturated carbocycles. The highest BCUT2D eigenvalue weighted by Gasteiger charge is 2.28. The van der Waals surface area contributed by atoms with Crippen molar-refractivity contribution in [1.82, 2.24) is 4.90 Å². The zero-order valence-electron chi connectivity index (χ0n) is 11.0. The number of carbonyl (C=O) groups is 1. The lowest BCUT2D eigenvalue weighted by molar-refractivity contribution is 0.0733. The highest BCUT2D eigenvalue weighted by Crippen LogP contribution is 2.26. The third-order valence-electron chi connectivity index (χ3n) is 3.51. The summed E-state index contributed by atoms with van der Waals surface area (Å²) in [6.45, 7) is 2.76. The second-order valence-electron chi connectivity index (χ2n) is 4.82. The smallest absolute Gasteiger partial charge is 0.261 e. The maximum absolute atomic E-state index is 12.5. The number of rotatable bonds is 3. The zero-order chi connectivity index (χ0) is 14.9. The number of carbonyl (C=O) groups excluding carboxylic acids is 1. The fourth-order valence-corrected chi connectivity index (χ4v) is 3.97. The molecule has 1 heterocycles. The van der Waals surface area contributed by atoms with E-state index < -0.39 is 9.05 Å². The molecule has 20 heavy (non-hydrogen) atoms. The van der Waals surface area contributed by atoms with E-state index in [-0.39, 0.29) is 16.8 Å². The van der Waals surface area contributed by atoms with E-state index in [9.17, 15) is 13.2 Å². The van der Waals surface area contributed by atoms with Gasteiger partial charge in [0.1, 0.15) is 0 Å². The third kappa shape index (κ3) is 3.35. The standard InChI is InChI=1S/C13H15BrClNO3S/c1-2-11-4-3-5-16(11)13(17)9-6-10(14)8-12(7-9)20(15,18)19/h6-8,11H,2-5H2,1H3. The Labute approximate surface area is 131 Å². The first-order valence-corrected chi connectivity index (χ1v) is 9.49. The van der Waals surface area contributed by atoms with Crippen molar-refractivity contribution in [2.75, 3.05) is 6.54 Å². The fraction of sp³-hybridized carbons (Fsp3) is 0.462. The Kier molecular flexibility index (Phi) is 4.76. The summed E-state index contributed by atoms with van der Waals surface area (Å²) in [6.07, 6.45) is 2.89. The Bertz CT molecular complexity index is 633. The molecule has 1 aliphatic heterocycles. The Morgan fingerprint density at radius 1 is 1.45 bits per heavy atom. The molecule has 0 N–H and O–H groups in total. The summed E-state index contributed by atoms with van der Waals surface area (Å²) in [5.74, 6) is -0.141. The highest BCUT2D eigenvalue weighted by atomic mass is 79.9. The summed E-state index contributed by atoms with van der Waals surface area (Å²) in [4.78, 5) is 14.3. The van der Waals surface area contributed by atoms with E-state index in [1.165, 1.54) is 12.1 Å². The summed E-state index contributed by atoms with van der Waals surface area (Å²) >= 11 is 3.22. The largest absolute Gasteiger partial charge is 0.336 e. The zero-order valence-corrected chi connectivity index (χ0v) is 14.1.